The lowest BCUT2D eigenvalue weighted by molar-refractivity contribution is 0.0931. The van der Waals surface area contributed by atoms with Gasteiger partial charge in [0, 0.05) is 10.6 Å². The Morgan fingerprint density at radius 2 is 1.96 bits per heavy atom. The maximum absolute atomic E-state index is 13.8. The topological polar surface area (TPSA) is 38.3 Å². The third-order valence-electron chi connectivity index (χ3n) is 4.02. The minimum Gasteiger partial charge on any atom is -0.494 e. The SMILES string of the molecule is COc1ccc(C(=O)NC(c2ccc(Cl)cc2)C2CC2)cc1F. The molecule has 1 aliphatic carbocycles. The Balaban J connectivity index is 1.79. The molecule has 1 N–H and O–H groups in total. The number of carbonyl (C=O) groups excluding carboxylic acids is 1. The van der Waals surface area contributed by atoms with Crippen LogP contribution in [-0.2, 0) is 0 Å². The van der Waals surface area contributed by atoms with Gasteiger partial charge in [-0.2, -0.15) is 0 Å². The van der Waals surface area contributed by atoms with E-state index in [-0.39, 0.29) is 23.3 Å². The van der Waals surface area contributed by atoms with Crippen LogP contribution in [0.4, 0.5) is 4.39 Å². The summed E-state index contributed by atoms with van der Waals surface area (Å²) < 4.78 is 18.6. The largest absolute Gasteiger partial charge is 0.494 e. The summed E-state index contributed by atoms with van der Waals surface area (Å²) in [5, 5.41) is 3.67. The van der Waals surface area contributed by atoms with Crippen LogP contribution in [0.25, 0.3) is 0 Å². The molecule has 0 radical (unpaired) electrons. The minimum absolute atomic E-state index is 0.0788. The van der Waals surface area contributed by atoms with E-state index in [1.165, 1.54) is 19.2 Å². The highest BCUT2D eigenvalue weighted by atomic mass is 35.5. The van der Waals surface area contributed by atoms with E-state index in [2.05, 4.69) is 5.32 Å². The van der Waals surface area contributed by atoms with Crippen LogP contribution in [0.15, 0.2) is 42.5 Å². The fourth-order valence-electron chi connectivity index (χ4n) is 2.61. The molecule has 0 aromatic heterocycles. The molecule has 2 aromatic carbocycles. The summed E-state index contributed by atoms with van der Waals surface area (Å²) in [7, 11) is 1.39. The smallest absolute Gasteiger partial charge is 0.251 e. The zero-order chi connectivity index (χ0) is 16.4. The van der Waals surface area contributed by atoms with Crippen LogP contribution >= 0.6 is 11.6 Å². The number of carbonyl (C=O) groups is 1. The molecule has 5 heteroatoms. The summed E-state index contributed by atoms with van der Waals surface area (Å²) in [5.74, 6) is -0.297. The standard InChI is InChI=1S/C18H17ClFNO2/c1-23-16-9-6-13(10-15(16)20)18(22)21-17(11-2-3-11)12-4-7-14(19)8-5-12/h4-11,17H,2-3H2,1H3,(H,21,22). The van der Waals surface area contributed by atoms with Gasteiger partial charge >= 0.3 is 0 Å². The maximum Gasteiger partial charge on any atom is 0.251 e. The van der Waals surface area contributed by atoms with Crippen molar-refractivity contribution < 1.29 is 13.9 Å². The van der Waals surface area contributed by atoms with E-state index < -0.39 is 5.82 Å². The normalized spacial score (nSPS) is 15.1. The number of ether oxygens (including phenoxy) is 1. The van der Waals surface area contributed by atoms with Crippen molar-refractivity contribution >= 4 is 17.5 Å². The van der Waals surface area contributed by atoms with Gasteiger partial charge in [0.2, 0.25) is 0 Å². The predicted octanol–water partition coefficient (Wildman–Crippen LogP) is 4.37. The molecule has 1 amide bonds. The minimum atomic E-state index is -0.547. The zero-order valence-electron chi connectivity index (χ0n) is 12.7. The second kappa shape index (κ2) is 6.59. The van der Waals surface area contributed by atoms with Crippen molar-refractivity contribution in [2.75, 3.05) is 7.11 Å². The molecule has 1 atom stereocenters. The lowest BCUT2D eigenvalue weighted by atomic mass is 10.0. The molecular weight excluding hydrogens is 317 g/mol. The summed E-state index contributed by atoms with van der Waals surface area (Å²) in [6, 6.07) is 11.6. The number of halogens is 2. The van der Waals surface area contributed by atoms with Gasteiger partial charge in [0.15, 0.2) is 11.6 Å². The molecule has 0 bridgehead atoms. The Bertz CT molecular complexity index is 713. The molecule has 1 aliphatic rings. The van der Waals surface area contributed by atoms with Gasteiger partial charge in [0.05, 0.1) is 13.2 Å². The average Bonchev–Trinajstić information content (AvgIpc) is 3.38. The molecule has 3 nitrogen and oxygen atoms in total. The number of amides is 1. The fourth-order valence-corrected chi connectivity index (χ4v) is 2.73. The summed E-state index contributed by atoms with van der Waals surface area (Å²) in [4.78, 5) is 12.4. The van der Waals surface area contributed by atoms with Crippen molar-refractivity contribution in [1.82, 2.24) is 5.32 Å². The number of benzene rings is 2. The second-order valence-corrected chi connectivity index (χ2v) is 6.13. The number of hydrogen-bond donors (Lipinski definition) is 1. The van der Waals surface area contributed by atoms with Crippen molar-refractivity contribution in [3.63, 3.8) is 0 Å². The molecule has 0 heterocycles. The Kier molecular flexibility index (Phi) is 4.53. The van der Waals surface area contributed by atoms with Gasteiger partial charge in [-0.25, -0.2) is 4.39 Å². The van der Waals surface area contributed by atoms with E-state index >= 15 is 0 Å². The van der Waals surface area contributed by atoms with Crippen LogP contribution in [0.5, 0.6) is 5.75 Å². The predicted molar refractivity (Wildman–Crippen MR) is 87.3 cm³/mol. The monoisotopic (exact) mass is 333 g/mol. The summed E-state index contributed by atoms with van der Waals surface area (Å²) in [6.45, 7) is 0. The molecule has 0 spiro atoms. The van der Waals surface area contributed by atoms with Gasteiger partial charge in [-0.05, 0) is 54.7 Å². The van der Waals surface area contributed by atoms with Crippen LogP contribution in [0, 0.1) is 11.7 Å². The molecule has 2 aromatic rings. The highest BCUT2D eigenvalue weighted by Gasteiger charge is 2.33. The zero-order valence-corrected chi connectivity index (χ0v) is 13.4. The van der Waals surface area contributed by atoms with Gasteiger partial charge in [-0.3, -0.25) is 4.79 Å². The van der Waals surface area contributed by atoms with Gasteiger partial charge in [0.1, 0.15) is 0 Å². The Morgan fingerprint density at radius 1 is 1.26 bits per heavy atom. The van der Waals surface area contributed by atoms with E-state index in [1.807, 2.05) is 24.3 Å². The van der Waals surface area contributed by atoms with Gasteiger partial charge < -0.3 is 10.1 Å². The molecule has 1 unspecified atom stereocenters. The summed E-state index contributed by atoms with van der Waals surface area (Å²) in [6.07, 6.45) is 2.15. The number of nitrogens with one attached hydrogen (secondary N) is 1. The second-order valence-electron chi connectivity index (χ2n) is 5.69. The highest BCUT2D eigenvalue weighted by Crippen LogP contribution is 2.41. The highest BCUT2D eigenvalue weighted by molar-refractivity contribution is 6.30. The number of rotatable bonds is 5. The molecule has 1 saturated carbocycles. The van der Waals surface area contributed by atoms with Crippen LogP contribution in [0.1, 0.15) is 34.8 Å². The molecule has 0 aliphatic heterocycles. The average molecular weight is 334 g/mol. The van der Waals surface area contributed by atoms with E-state index in [0.29, 0.717) is 10.9 Å². The van der Waals surface area contributed by atoms with Crippen LogP contribution < -0.4 is 10.1 Å². The lowest BCUT2D eigenvalue weighted by Gasteiger charge is -2.19. The number of methoxy groups -OCH3 is 1. The third kappa shape index (κ3) is 3.64. The first-order valence-electron chi connectivity index (χ1n) is 7.48. The Hall–Kier alpha value is -2.07. The van der Waals surface area contributed by atoms with Crippen molar-refractivity contribution in [1.29, 1.82) is 0 Å². The van der Waals surface area contributed by atoms with Crippen molar-refractivity contribution in [3.8, 4) is 5.75 Å². The Morgan fingerprint density at radius 3 is 2.52 bits per heavy atom. The number of hydrogen-bond acceptors (Lipinski definition) is 2. The van der Waals surface area contributed by atoms with E-state index in [9.17, 15) is 9.18 Å². The third-order valence-corrected chi connectivity index (χ3v) is 4.28. The summed E-state index contributed by atoms with van der Waals surface area (Å²) >= 11 is 5.92. The van der Waals surface area contributed by atoms with E-state index in [0.717, 1.165) is 18.4 Å². The quantitative estimate of drug-likeness (QED) is 0.882. The molecule has 0 saturated heterocycles. The first-order chi connectivity index (χ1) is 11.1. The fraction of sp³-hybridized carbons (Fsp3) is 0.278. The van der Waals surface area contributed by atoms with Gasteiger partial charge in [0.25, 0.3) is 5.91 Å². The van der Waals surface area contributed by atoms with Crippen molar-refractivity contribution in [3.05, 3.63) is 64.4 Å². The van der Waals surface area contributed by atoms with E-state index in [4.69, 9.17) is 16.3 Å². The van der Waals surface area contributed by atoms with Crippen LogP contribution in [0.2, 0.25) is 5.02 Å². The van der Waals surface area contributed by atoms with Gasteiger partial charge in [-0.15, -0.1) is 0 Å². The van der Waals surface area contributed by atoms with Crippen LogP contribution in [-0.4, -0.2) is 13.0 Å². The van der Waals surface area contributed by atoms with Crippen LogP contribution in [0.3, 0.4) is 0 Å². The summed E-state index contributed by atoms with van der Waals surface area (Å²) in [5.41, 5.74) is 1.29. The maximum atomic E-state index is 13.8. The van der Waals surface area contributed by atoms with Gasteiger partial charge in [-0.1, -0.05) is 23.7 Å². The molecule has 23 heavy (non-hydrogen) atoms. The molecule has 3 rings (SSSR count). The van der Waals surface area contributed by atoms with E-state index in [1.54, 1.807) is 6.07 Å². The molecule has 120 valence electrons. The first-order valence-corrected chi connectivity index (χ1v) is 7.86. The molecular formula is C18H17ClFNO2. The van der Waals surface area contributed by atoms with Crippen molar-refractivity contribution in [2.24, 2.45) is 5.92 Å². The first kappa shape index (κ1) is 15.8. The lowest BCUT2D eigenvalue weighted by Crippen LogP contribution is -2.30. The van der Waals surface area contributed by atoms with Crippen molar-refractivity contribution in [2.45, 2.75) is 18.9 Å². The Labute approximate surface area is 139 Å². The molecule has 1 fully saturated rings.